The largest absolute Gasteiger partial charge is 0.356 e. The maximum Gasteiger partial charge on any atom is 0.356 e. The summed E-state index contributed by atoms with van der Waals surface area (Å²) in [6.45, 7) is 2.86. The number of nitrogens with zero attached hydrogens (tertiary/aromatic N) is 1. The van der Waals surface area contributed by atoms with Gasteiger partial charge in [0.2, 0.25) is 0 Å². The molecule has 0 bridgehead atoms. The van der Waals surface area contributed by atoms with Gasteiger partial charge in [-0.3, -0.25) is 0 Å². The van der Waals surface area contributed by atoms with Crippen molar-refractivity contribution in [3.05, 3.63) is 0 Å². The zero-order chi connectivity index (χ0) is 11.0. The fourth-order valence-corrected chi connectivity index (χ4v) is 2.60. The van der Waals surface area contributed by atoms with Crippen LogP contribution in [0.3, 0.4) is 0 Å². The van der Waals surface area contributed by atoms with Crippen molar-refractivity contribution in [2.75, 3.05) is 13.1 Å². The van der Waals surface area contributed by atoms with E-state index in [2.05, 4.69) is 0 Å². The molecule has 0 saturated carbocycles. The fourth-order valence-electron chi connectivity index (χ4n) is 1.45. The highest BCUT2D eigenvalue weighted by atomic mass is 32.2. The zero-order valence-electron chi connectivity index (χ0n) is 8.33. The predicted octanol–water partition coefficient (Wildman–Crippen LogP) is 1.66. The Morgan fingerprint density at radius 3 is 2.07 bits per heavy atom. The Kier molecular flexibility index (Phi) is 3.16. The molecular formula is C8H15F2NO2S. The van der Waals surface area contributed by atoms with Crippen molar-refractivity contribution in [2.45, 2.75) is 31.9 Å². The third kappa shape index (κ3) is 2.23. The molecule has 3 nitrogen and oxygen atoms in total. The van der Waals surface area contributed by atoms with Crippen molar-refractivity contribution in [1.29, 1.82) is 0 Å². The van der Waals surface area contributed by atoms with Crippen LogP contribution in [-0.2, 0) is 10.0 Å². The van der Waals surface area contributed by atoms with Crippen LogP contribution in [0.4, 0.5) is 8.78 Å². The number of sulfonamides is 1. The van der Waals surface area contributed by atoms with Crippen LogP contribution in [0.5, 0.6) is 0 Å². The van der Waals surface area contributed by atoms with Crippen molar-refractivity contribution < 1.29 is 17.2 Å². The number of hydrogen-bond donors (Lipinski definition) is 0. The van der Waals surface area contributed by atoms with Gasteiger partial charge in [-0.2, -0.15) is 13.1 Å². The minimum Gasteiger partial charge on any atom is -0.206 e. The van der Waals surface area contributed by atoms with Crippen LogP contribution in [0.2, 0.25) is 0 Å². The van der Waals surface area contributed by atoms with Crippen LogP contribution in [0.25, 0.3) is 0 Å². The van der Waals surface area contributed by atoms with E-state index in [1.165, 1.54) is 0 Å². The maximum atomic E-state index is 12.8. The Balaban J connectivity index is 2.76. The van der Waals surface area contributed by atoms with E-state index < -0.39 is 15.3 Å². The molecule has 84 valence electrons. The van der Waals surface area contributed by atoms with Crippen LogP contribution in [-0.4, -0.2) is 31.1 Å². The van der Waals surface area contributed by atoms with Crippen molar-refractivity contribution in [2.24, 2.45) is 5.92 Å². The molecule has 1 aliphatic heterocycles. The highest BCUT2D eigenvalue weighted by Crippen LogP contribution is 2.28. The predicted molar refractivity (Wildman–Crippen MR) is 49.5 cm³/mol. The summed E-state index contributed by atoms with van der Waals surface area (Å²) in [4.78, 5) is 0. The van der Waals surface area contributed by atoms with Gasteiger partial charge in [-0.1, -0.05) is 6.92 Å². The second-order valence-corrected chi connectivity index (χ2v) is 6.08. The first-order valence-corrected chi connectivity index (χ1v) is 6.06. The lowest BCUT2D eigenvalue weighted by molar-refractivity contribution is 0.101. The first-order chi connectivity index (χ1) is 6.25. The second kappa shape index (κ2) is 3.73. The summed E-state index contributed by atoms with van der Waals surface area (Å²) in [5, 5.41) is -3.66. The highest BCUT2D eigenvalue weighted by molar-refractivity contribution is 7.90. The maximum absolute atomic E-state index is 12.8. The third-order valence-electron chi connectivity index (χ3n) is 2.54. The van der Waals surface area contributed by atoms with E-state index in [-0.39, 0.29) is 13.1 Å². The van der Waals surface area contributed by atoms with Gasteiger partial charge in [0.15, 0.2) is 0 Å². The van der Waals surface area contributed by atoms with Gasteiger partial charge in [0, 0.05) is 20.0 Å². The standard InChI is InChI=1S/C8H15F2NO2S/c1-7-3-5-11(6-4-7)14(12,13)8(2,9)10/h7H,3-6H2,1-2H3. The number of rotatable bonds is 2. The molecular weight excluding hydrogens is 212 g/mol. The third-order valence-corrected chi connectivity index (χ3v) is 4.49. The van der Waals surface area contributed by atoms with Gasteiger partial charge < -0.3 is 0 Å². The molecule has 0 atom stereocenters. The van der Waals surface area contributed by atoms with E-state index in [1.807, 2.05) is 6.92 Å². The number of halogens is 2. The summed E-state index contributed by atoms with van der Waals surface area (Å²) >= 11 is 0. The molecule has 0 amide bonds. The molecule has 6 heteroatoms. The smallest absolute Gasteiger partial charge is 0.206 e. The van der Waals surface area contributed by atoms with Gasteiger partial charge in [0.1, 0.15) is 0 Å². The highest BCUT2D eigenvalue weighted by Gasteiger charge is 2.44. The van der Waals surface area contributed by atoms with Gasteiger partial charge in [-0.15, -0.1) is 0 Å². The second-order valence-electron chi connectivity index (χ2n) is 3.89. The van der Waals surface area contributed by atoms with Gasteiger partial charge in [0.25, 0.3) is 10.0 Å². The van der Waals surface area contributed by atoms with Crippen molar-refractivity contribution >= 4 is 10.0 Å². The molecule has 14 heavy (non-hydrogen) atoms. The molecule has 0 aromatic rings. The molecule has 1 rings (SSSR count). The summed E-state index contributed by atoms with van der Waals surface area (Å²) in [5.41, 5.74) is 0. The summed E-state index contributed by atoms with van der Waals surface area (Å²) in [6, 6.07) is 0. The molecule has 1 fully saturated rings. The molecule has 0 unspecified atom stereocenters. The molecule has 1 aliphatic rings. The summed E-state index contributed by atoms with van der Waals surface area (Å²) in [7, 11) is -4.42. The molecule has 0 aromatic carbocycles. The van der Waals surface area contributed by atoms with Crippen molar-refractivity contribution in [1.82, 2.24) is 4.31 Å². The minimum atomic E-state index is -4.42. The van der Waals surface area contributed by atoms with E-state index in [4.69, 9.17) is 0 Å². The van der Waals surface area contributed by atoms with Crippen LogP contribution < -0.4 is 0 Å². The summed E-state index contributed by atoms with van der Waals surface area (Å²) in [5.74, 6) is 0.423. The first kappa shape index (κ1) is 11.8. The Morgan fingerprint density at radius 2 is 1.71 bits per heavy atom. The topological polar surface area (TPSA) is 37.4 Å². The van der Waals surface area contributed by atoms with Gasteiger partial charge >= 0.3 is 5.25 Å². The monoisotopic (exact) mass is 227 g/mol. The summed E-state index contributed by atoms with van der Waals surface area (Å²) < 4.78 is 49.0. The Bertz CT molecular complexity index is 289. The van der Waals surface area contributed by atoms with E-state index >= 15 is 0 Å². The van der Waals surface area contributed by atoms with Crippen LogP contribution >= 0.6 is 0 Å². The number of piperidine rings is 1. The SMILES string of the molecule is CC1CCN(S(=O)(=O)C(C)(F)F)CC1. The average Bonchev–Trinajstić information content (AvgIpc) is 2.03. The van der Waals surface area contributed by atoms with Gasteiger partial charge in [-0.05, 0) is 18.8 Å². The lowest BCUT2D eigenvalue weighted by Gasteiger charge is -2.31. The molecule has 0 aliphatic carbocycles. The first-order valence-electron chi connectivity index (χ1n) is 4.62. The summed E-state index contributed by atoms with van der Waals surface area (Å²) in [6.07, 6.45) is 1.32. The average molecular weight is 227 g/mol. The molecule has 1 heterocycles. The zero-order valence-corrected chi connectivity index (χ0v) is 9.15. The van der Waals surface area contributed by atoms with Crippen LogP contribution in [0.15, 0.2) is 0 Å². The van der Waals surface area contributed by atoms with Gasteiger partial charge in [-0.25, -0.2) is 8.42 Å². The normalized spacial score (nSPS) is 22.6. The van der Waals surface area contributed by atoms with Crippen LogP contribution in [0, 0.1) is 5.92 Å². The molecule has 0 N–H and O–H groups in total. The van der Waals surface area contributed by atoms with E-state index in [0.29, 0.717) is 25.7 Å². The lowest BCUT2D eigenvalue weighted by Crippen LogP contribution is -2.45. The molecule has 0 spiro atoms. The van der Waals surface area contributed by atoms with E-state index in [0.717, 1.165) is 4.31 Å². The Hall–Kier alpha value is -0.230. The van der Waals surface area contributed by atoms with Crippen LogP contribution in [0.1, 0.15) is 26.7 Å². The van der Waals surface area contributed by atoms with Gasteiger partial charge in [0.05, 0.1) is 0 Å². The minimum absolute atomic E-state index is 0.215. The number of hydrogen-bond acceptors (Lipinski definition) is 2. The van der Waals surface area contributed by atoms with Crippen molar-refractivity contribution in [3.63, 3.8) is 0 Å². The quantitative estimate of drug-likeness (QED) is 0.719. The molecule has 0 radical (unpaired) electrons. The van der Waals surface area contributed by atoms with E-state index in [9.17, 15) is 17.2 Å². The Morgan fingerprint density at radius 1 is 1.29 bits per heavy atom. The number of alkyl halides is 2. The van der Waals surface area contributed by atoms with E-state index in [1.54, 1.807) is 0 Å². The lowest BCUT2D eigenvalue weighted by atomic mass is 10.0. The fraction of sp³-hybridized carbons (Fsp3) is 1.00. The van der Waals surface area contributed by atoms with Crippen molar-refractivity contribution in [3.8, 4) is 0 Å². The molecule has 0 aromatic heterocycles. The Labute approximate surface area is 83.1 Å². The molecule has 1 saturated heterocycles.